The van der Waals surface area contributed by atoms with Crippen LogP contribution in [0.1, 0.15) is 5.56 Å². The lowest BCUT2D eigenvalue weighted by atomic mass is 10.1. The van der Waals surface area contributed by atoms with E-state index in [2.05, 4.69) is 10.5 Å². The molecule has 0 unspecified atom stereocenters. The topological polar surface area (TPSA) is 70.6 Å². The molecule has 0 aliphatic heterocycles. The molecule has 1 aromatic rings. The van der Waals surface area contributed by atoms with Crippen LogP contribution in [0.25, 0.3) is 0 Å². The third-order valence-electron chi connectivity index (χ3n) is 1.82. The highest BCUT2D eigenvalue weighted by molar-refractivity contribution is 5.84. The van der Waals surface area contributed by atoms with Gasteiger partial charge in [-0.1, -0.05) is 17.3 Å². The van der Waals surface area contributed by atoms with Crippen molar-refractivity contribution in [2.45, 2.75) is 6.18 Å². The Morgan fingerprint density at radius 2 is 2.00 bits per heavy atom. The Labute approximate surface area is 89.6 Å². The molecule has 0 aliphatic carbocycles. The average Bonchev–Trinajstić information content (AvgIpc) is 2.25. The van der Waals surface area contributed by atoms with Crippen LogP contribution < -0.4 is 11.1 Å². The number of nitrogens with one attached hydrogen (secondary N) is 1. The number of anilines is 1. The van der Waals surface area contributed by atoms with E-state index in [9.17, 15) is 13.2 Å². The molecule has 16 heavy (non-hydrogen) atoms. The summed E-state index contributed by atoms with van der Waals surface area (Å²) in [6.45, 7) is -0.163. The number of halogens is 3. The summed E-state index contributed by atoms with van der Waals surface area (Å²) < 4.78 is 37.5. The van der Waals surface area contributed by atoms with Gasteiger partial charge in [-0.2, -0.15) is 13.2 Å². The van der Waals surface area contributed by atoms with Gasteiger partial charge in [0.1, 0.15) is 0 Å². The van der Waals surface area contributed by atoms with Gasteiger partial charge in [-0.25, -0.2) is 0 Å². The second-order valence-electron chi connectivity index (χ2n) is 2.99. The quantitative estimate of drug-likeness (QED) is 0.323. The van der Waals surface area contributed by atoms with Crippen LogP contribution in [0.2, 0.25) is 0 Å². The first-order chi connectivity index (χ1) is 7.45. The minimum atomic E-state index is -4.44. The molecule has 0 bridgehead atoms. The van der Waals surface area contributed by atoms with Crippen LogP contribution in [0, 0.1) is 0 Å². The Morgan fingerprint density at radius 1 is 1.38 bits per heavy atom. The lowest BCUT2D eigenvalue weighted by Gasteiger charge is -2.13. The van der Waals surface area contributed by atoms with Crippen molar-refractivity contribution in [3.63, 3.8) is 0 Å². The highest BCUT2D eigenvalue weighted by atomic mass is 19.4. The summed E-state index contributed by atoms with van der Waals surface area (Å²) in [7, 11) is 0. The van der Waals surface area contributed by atoms with E-state index in [-0.39, 0.29) is 18.1 Å². The molecule has 0 atom stereocenters. The van der Waals surface area contributed by atoms with Crippen LogP contribution in [-0.2, 0) is 6.18 Å². The summed E-state index contributed by atoms with van der Waals surface area (Å²) in [5.74, 6) is -0.197. The van der Waals surface area contributed by atoms with Gasteiger partial charge >= 0.3 is 6.18 Å². The average molecular weight is 233 g/mol. The molecule has 0 aromatic heterocycles. The van der Waals surface area contributed by atoms with E-state index in [1.165, 1.54) is 18.2 Å². The molecule has 0 heterocycles. The normalized spacial score (nSPS) is 12.6. The second kappa shape index (κ2) is 4.73. The first kappa shape index (κ1) is 12.2. The number of nitrogens with zero attached hydrogens (tertiary/aromatic N) is 1. The van der Waals surface area contributed by atoms with E-state index in [4.69, 9.17) is 10.9 Å². The van der Waals surface area contributed by atoms with Gasteiger partial charge in [-0.3, -0.25) is 0 Å². The second-order valence-corrected chi connectivity index (χ2v) is 2.99. The van der Waals surface area contributed by atoms with Crippen molar-refractivity contribution in [1.29, 1.82) is 0 Å². The molecule has 0 spiro atoms. The number of nitrogens with two attached hydrogens (primary N) is 1. The van der Waals surface area contributed by atoms with Gasteiger partial charge in [0.2, 0.25) is 0 Å². The monoisotopic (exact) mass is 233 g/mol. The van der Waals surface area contributed by atoms with Crippen molar-refractivity contribution in [3.8, 4) is 0 Å². The number of hydrogen-bond acceptors (Lipinski definition) is 3. The number of alkyl halides is 3. The first-order valence-corrected chi connectivity index (χ1v) is 4.31. The molecule has 1 rings (SSSR count). The molecule has 0 radical (unpaired) electrons. The van der Waals surface area contributed by atoms with Crippen molar-refractivity contribution in [1.82, 2.24) is 0 Å². The minimum absolute atomic E-state index is 0.110. The SMILES string of the molecule is NC(CNc1ccccc1C(F)(F)F)=NO. The third kappa shape index (κ3) is 3.04. The van der Waals surface area contributed by atoms with Crippen molar-refractivity contribution >= 4 is 11.5 Å². The lowest BCUT2D eigenvalue weighted by Crippen LogP contribution is -2.23. The molecular formula is C9H10F3N3O. The maximum absolute atomic E-state index is 12.5. The van der Waals surface area contributed by atoms with Gasteiger partial charge in [-0.15, -0.1) is 0 Å². The smallest absolute Gasteiger partial charge is 0.409 e. The van der Waals surface area contributed by atoms with E-state index >= 15 is 0 Å². The molecule has 88 valence electrons. The minimum Gasteiger partial charge on any atom is -0.409 e. The maximum atomic E-state index is 12.5. The van der Waals surface area contributed by atoms with Crippen LogP contribution in [0.3, 0.4) is 0 Å². The number of para-hydroxylation sites is 1. The van der Waals surface area contributed by atoms with Gasteiger partial charge in [-0.05, 0) is 12.1 Å². The third-order valence-corrected chi connectivity index (χ3v) is 1.82. The van der Waals surface area contributed by atoms with Gasteiger partial charge in [0.25, 0.3) is 0 Å². The predicted molar refractivity (Wildman–Crippen MR) is 53.3 cm³/mol. The fraction of sp³-hybridized carbons (Fsp3) is 0.222. The van der Waals surface area contributed by atoms with Crippen molar-refractivity contribution < 1.29 is 18.4 Å². The Hall–Kier alpha value is -1.92. The zero-order valence-corrected chi connectivity index (χ0v) is 8.12. The van der Waals surface area contributed by atoms with Gasteiger partial charge in [0.15, 0.2) is 5.84 Å². The first-order valence-electron chi connectivity index (χ1n) is 4.31. The van der Waals surface area contributed by atoms with Gasteiger partial charge in [0.05, 0.1) is 12.1 Å². The number of rotatable bonds is 3. The van der Waals surface area contributed by atoms with Crippen LogP contribution in [0.4, 0.5) is 18.9 Å². The molecule has 1 aromatic carbocycles. The number of hydrogen-bond donors (Lipinski definition) is 3. The summed E-state index contributed by atoms with van der Waals surface area (Å²) in [5, 5.41) is 13.3. The Balaban J connectivity index is 2.88. The molecule has 0 saturated carbocycles. The molecule has 4 nitrogen and oxygen atoms in total. The van der Waals surface area contributed by atoms with Crippen LogP contribution in [-0.4, -0.2) is 17.6 Å². The highest BCUT2D eigenvalue weighted by Crippen LogP contribution is 2.34. The van der Waals surface area contributed by atoms with Crippen molar-refractivity contribution in [2.24, 2.45) is 10.9 Å². The summed E-state index contributed by atoms with van der Waals surface area (Å²) in [6, 6.07) is 4.98. The van der Waals surface area contributed by atoms with Crippen molar-refractivity contribution in [3.05, 3.63) is 29.8 Å². The number of amidine groups is 1. The van der Waals surface area contributed by atoms with Crippen molar-refractivity contribution in [2.75, 3.05) is 11.9 Å². The molecule has 0 amide bonds. The molecule has 0 saturated heterocycles. The summed E-state index contributed by atoms with van der Waals surface area (Å²) in [6.07, 6.45) is -4.44. The zero-order chi connectivity index (χ0) is 12.2. The Kier molecular flexibility index (Phi) is 3.60. The summed E-state index contributed by atoms with van der Waals surface area (Å²) in [5.41, 5.74) is 4.24. The van der Waals surface area contributed by atoms with E-state index < -0.39 is 11.7 Å². The number of benzene rings is 1. The van der Waals surface area contributed by atoms with E-state index in [0.29, 0.717) is 0 Å². The van der Waals surface area contributed by atoms with E-state index in [0.717, 1.165) is 6.07 Å². The maximum Gasteiger partial charge on any atom is 0.418 e. The van der Waals surface area contributed by atoms with E-state index in [1.54, 1.807) is 0 Å². The Bertz CT molecular complexity index is 390. The summed E-state index contributed by atoms with van der Waals surface area (Å²) >= 11 is 0. The zero-order valence-electron chi connectivity index (χ0n) is 8.12. The molecule has 7 heteroatoms. The number of oxime groups is 1. The molecule has 4 N–H and O–H groups in total. The van der Waals surface area contributed by atoms with Crippen LogP contribution in [0.15, 0.2) is 29.4 Å². The Morgan fingerprint density at radius 3 is 2.56 bits per heavy atom. The predicted octanol–water partition coefficient (Wildman–Crippen LogP) is 1.86. The molecule has 0 aliphatic rings. The lowest BCUT2D eigenvalue weighted by molar-refractivity contribution is -0.136. The van der Waals surface area contributed by atoms with Crippen LogP contribution >= 0.6 is 0 Å². The standard InChI is InChI=1S/C9H10F3N3O/c10-9(11,12)6-3-1-2-4-7(6)14-5-8(13)15-16/h1-4,14,16H,5H2,(H2,13,15). The fourth-order valence-corrected chi connectivity index (χ4v) is 1.11. The van der Waals surface area contributed by atoms with Gasteiger partial charge < -0.3 is 16.3 Å². The largest absolute Gasteiger partial charge is 0.418 e. The van der Waals surface area contributed by atoms with Gasteiger partial charge in [0, 0.05) is 5.69 Å². The highest BCUT2D eigenvalue weighted by Gasteiger charge is 2.32. The van der Waals surface area contributed by atoms with Crippen LogP contribution in [0.5, 0.6) is 0 Å². The fourth-order valence-electron chi connectivity index (χ4n) is 1.11. The molecule has 0 fully saturated rings. The van der Waals surface area contributed by atoms with E-state index in [1.807, 2.05) is 0 Å². The molecular weight excluding hydrogens is 223 g/mol. The summed E-state index contributed by atoms with van der Waals surface area (Å²) in [4.78, 5) is 0.